The first-order valence-electron chi connectivity index (χ1n) is 6.15. The Bertz CT molecular complexity index is 330. The zero-order valence-corrected chi connectivity index (χ0v) is 9.87. The molecule has 2 rings (SSSR count). The number of anilines is 1. The molecule has 0 saturated carbocycles. The fraction of sp³-hybridized carbons (Fsp3) is 0.750. The molecule has 0 aliphatic carbocycles. The quantitative estimate of drug-likeness (QED) is 0.852. The molecule has 4 nitrogen and oxygen atoms in total. The Morgan fingerprint density at radius 1 is 1.44 bits per heavy atom. The highest BCUT2D eigenvalue weighted by Crippen LogP contribution is 2.22. The van der Waals surface area contributed by atoms with Crippen molar-refractivity contribution in [1.82, 2.24) is 5.16 Å². The topological polar surface area (TPSA) is 61.3 Å². The number of hydrogen-bond donors (Lipinski definition) is 1. The van der Waals surface area contributed by atoms with Crippen LogP contribution >= 0.6 is 0 Å². The molecule has 0 radical (unpaired) electrons. The molecule has 1 saturated heterocycles. The molecular formula is C12H20N2O2. The lowest BCUT2D eigenvalue weighted by Gasteiger charge is -2.22. The second-order valence-corrected chi connectivity index (χ2v) is 4.35. The largest absolute Gasteiger partial charge is 0.378 e. The summed E-state index contributed by atoms with van der Waals surface area (Å²) in [5.74, 6) is 0.474. The van der Waals surface area contributed by atoms with Gasteiger partial charge in [-0.05, 0) is 38.5 Å². The lowest BCUT2D eigenvalue weighted by molar-refractivity contribution is 0.0112. The summed E-state index contributed by atoms with van der Waals surface area (Å²) in [6.07, 6.45) is 6.88. The van der Waals surface area contributed by atoms with E-state index in [1.54, 1.807) is 0 Å². The van der Waals surface area contributed by atoms with Gasteiger partial charge < -0.3 is 15.0 Å². The molecule has 90 valence electrons. The third kappa shape index (κ3) is 2.55. The van der Waals surface area contributed by atoms with E-state index in [-0.39, 0.29) is 0 Å². The molecular weight excluding hydrogens is 204 g/mol. The summed E-state index contributed by atoms with van der Waals surface area (Å²) < 4.78 is 10.7. The van der Waals surface area contributed by atoms with Crippen LogP contribution in [0.5, 0.6) is 0 Å². The zero-order chi connectivity index (χ0) is 11.4. The Morgan fingerprint density at radius 3 is 3.00 bits per heavy atom. The van der Waals surface area contributed by atoms with Crippen molar-refractivity contribution in [3.63, 3.8) is 0 Å². The van der Waals surface area contributed by atoms with E-state index in [2.05, 4.69) is 12.1 Å². The highest BCUT2D eigenvalue weighted by Gasteiger charge is 2.17. The molecule has 1 atom stereocenters. The van der Waals surface area contributed by atoms with Crippen LogP contribution < -0.4 is 5.73 Å². The van der Waals surface area contributed by atoms with Crippen LogP contribution in [0.2, 0.25) is 0 Å². The van der Waals surface area contributed by atoms with Gasteiger partial charge in [-0.2, -0.15) is 0 Å². The molecule has 16 heavy (non-hydrogen) atoms. The smallest absolute Gasteiger partial charge is 0.225 e. The summed E-state index contributed by atoms with van der Waals surface area (Å²) in [4.78, 5) is 0. The highest BCUT2D eigenvalue weighted by atomic mass is 16.5. The molecule has 1 aliphatic rings. The Hall–Kier alpha value is -1.03. The van der Waals surface area contributed by atoms with Gasteiger partial charge in [-0.1, -0.05) is 12.1 Å². The van der Waals surface area contributed by atoms with Gasteiger partial charge in [-0.3, -0.25) is 0 Å². The van der Waals surface area contributed by atoms with Gasteiger partial charge in [0.15, 0.2) is 0 Å². The van der Waals surface area contributed by atoms with E-state index in [0.717, 1.165) is 37.1 Å². The molecule has 0 amide bonds. The van der Waals surface area contributed by atoms with Crippen LogP contribution in [0.25, 0.3) is 0 Å². The molecule has 1 aromatic heterocycles. The molecule has 1 unspecified atom stereocenters. The first-order valence-corrected chi connectivity index (χ1v) is 6.15. The number of nitrogens with two attached hydrogens (primary N) is 1. The summed E-state index contributed by atoms with van der Waals surface area (Å²) in [6.45, 7) is 2.98. The zero-order valence-electron chi connectivity index (χ0n) is 9.87. The van der Waals surface area contributed by atoms with Gasteiger partial charge in [-0.25, -0.2) is 0 Å². The van der Waals surface area contributed by atoms with Crippen LogP contribution in [0.4, 0.5) is 5.88 Å². The van der Waals surface area contributed by atoms with E-state index < -0.39 is 0 Å². The molecule has 0 bridgehead atoms. The van der Waals surface area contributed by atoms with Crippen LogP contribution in [0.15, 0.2) is 4.52 Å². The van der Waals surface area contributed by atoms with Gasteiger partial charge in [0.05, 0.1) is 11.8 Å². The van der Waals surface area contributed by atoms with E-state index in [4.69, 9.17) is 15.0 Å². The number of ether oxygens (including phenoxy) is 1. The molecule has 4 heteroatoms. The Kier molecular flexibility index (Phi) is 3.83. The van der Waals surface area contributed by atoms with Crippen molar-refractivity contribution in [2.24, 2.45) is 0 Å². The maximum absolute atomic E-state index is 5.70. The number of aromatic nitrogens is 1. The van der Waals surface area contributed by atoms with Gasteiger partial charge in [0.1, 0.15) is 0 Å². The van der Waals surface area contributed by atoms with Crippen molar-refractivity contribution in [3.05, 3.63) is 11.3 Å². The van der Waals surface area contributed by atoms with Gasteiger partial charge in [0.2, 0.25) is 5.88 Å². The molecule has 1 fully saturated rings. The Balaban J connectivity index is 1.88. The molecule has 2 heterocycles. The minimum absolute atomic E-state index is 0.399. The SMILES string of the molecule is CCc1c(CCC2CCCCO2)noc1N. The number of nitrogens with zero attached hydrogens (tertiary/aromatic N) is 1. The summed E-state index contributed by atoms with van der Waals surface area (Å²) in [6, 6.07) is 0. The standard InChI is InChI=1S/C12H20N2O2/c1-2-10-11(14-16-12(10)13)7-6-9-5-3-4-8-15-9/h9H,2-8,13H2,1H3. The van der Waals surface area contributed by atoms with Gasteiger partial charge >= 0.3 is 0 Å². The number of hydrogen-bond acceptors (Lipinski definition) is 4. The van der Waals surface area contributed by atoms with Gasteiger partial charge in [-0.15, -0.1) is 0 Å². The van der Waals surface area contributed by atoms with Crippen molar-refractivity contribution in [1.29, 1.82) is 0 Å². The normalized spacial score (nSPS) is 21.2. The lowest BCUT2D eigenvalue weighted by atomic mass is 10.0. The number of rotatable bonds is 4. The summed E-state index contributed by atoms with van der Waals surface area (Å²) >= 11 is 0. The van der Waals surface area contributed by atoms with E-state index in [9.17, 15) is 0 Å². The first-order chi connectivity index (χ1) is 7.81. The molecule has 0 aromatic carbocycles. The highest BCUT2D eigenvalue weighted by molar-refractivity contribution is 5.38. The second-order valence-electron chi connectivity index (χ2n) is 4.35. The van der Waals surface area contributed by atoms with E-state index in [0.29, 0.717) is 12.0 Å². The third-order valence-electron chi connectivity index (χ3n) is 3.23. The third-order valence-corrected chi connectivity index (χ3v) is 3.23. The second kappa shape index (κ2) is 5.34. The maximum atomic E-state index is 5.70. The van der Waals surface area contributed by atoms with Crippen LogP contribution in [0.1, 0.15) is 43.9 Å². The summed E-state index contributed by atoms with van der Waals surface area (Å²) in [5.41, 5.74) is 7.77. The number of aryl methyl sites for hydroxylation is 1. The van der Waals surface area contributed by atoms with Crippen LogP contribution in [0.3, 0.4) is 0 Å². The van der Waals surface area contributed by atoms with E-state index in [1.165, 1.54) is 19.3 Å². The fourth-order valence-electron chi connectivity index (χ4n) is 2.26. The first kappa shape index (κ1) is 11.5. The summed E-state index contributed by atoms with van der Waals surface area (Å²) in [5, 5.41) is 4.02. The van der Waals surface area contributed by atoms with Crippen molar-refractivity contribution in [2.75, 3.05) is 12.3 Å². The maximum Gasteiger partial charge on any atom is 0.225 e. The van der Waals surface area contributed by atoms with Crippen molar-refractivity contribution >= 4 is 5.88 Å². The average Bonchev–Trinajstić information content (AvgIpc) is 2.68. The summed E-state index contributed by atoms with van der Waals surface area (Å²) in [7, 11) is 0. The lowest BCUT2D eigenvalue weighted by Crippen LogP contribution is -2.19. The predicted molar refractivity (Wildman–Crippen MR) is 62.2 cm³/mol. The average molecular weight is 224 g/mol. The predicted octanol–water partition coefficient (Wildman–Crippen LogP) is 2.32. The van der Waals surface area contributed by atoms with Crippen molar-refractivity contribution in [2.45, 2.75) is 51.6 Å². The number of nitrogen functional groups attached to an aromatic ring is 1. The van der Waals surface area contributed by atoms with E-state index >= 15 is 0 Å². The van der Waals surface area contributed by atoms with Crippen LogP contribution in [-0.2, 0) is 17.6 Å². The fourth-order valence-corrected chi connectivity index (χ4v) is 2.26. The molecule has 0 spiro atoms. The van der Waals surface area contributed by atoms with E-state index in [1.807, 2.05) is 0 Å². The molecule has 2 N–H and O–H groups in total. The van der Waals surface area contributed by atoms with Crippen LogP contribution in [0, 0.1) is 0 Å². The van der Waals surface area contributed by atoms with Crippen molar-refractivity contribution in [3.8, 4) is 0 Å². The van der Waals surface area contributed by atoms with Gasteiger partial charge in [0.25, 0.3) is 0 Å². The monoisotopic (exact) mass is 224 g/mol. The van der Waals surface area contributed by atoms with Gasteiger partial charge in [0, 0.05) is 12.2 Å². The Labute approximate surface area is 96.1 Å². The van der Waals surface area contributed by atoms with Crippen LogP contribution in [-0.4, -0.2) is 17.9 Å². The molecule has 1 aliphatic heterocycles. The Morgan fingerprint density at radius 2 is 2.31 bits per heavy atom. The molecule has 1 aromatic rings. The van der Waals surface area contributed by atoms with Crippen molar-refractivity contribution < 1.29 is 9.26 Å². The minimum atomic E-state index is 0.399. The minimum Gasteiger partial charge on any atom is -0.378 e.